The first-order valence-electron chi connectivity index (χ1n) is 13.7. The van der Waals surface area contributed by atoms with Gasteiger partial charge in [0.15, 0.2) is 0 Å². The zero-order chi connectivity index (χ0) is 25.0. The van der Waals surface area contributed by atoms with E-state index in [1.807, 2.05) is 24.3 Å². The summed E-state index contributed by atoms with van der Waals surface area (Å²) in [5.41, 5.74) is 3.69. The maximum absolute atomic E-state index is 6.33. The smallest absolute Gasteiger partial charge is 0.217 e. The van der Waals surface area contributed by atoms with Crippen LogP contribution in [0.3, 0.4) is 0 Å². The molecule has 4 heterocycles. The number of hydrogen-bond donors (Lipinski definition) is 0. The van der Waals surface area contributed by atoms with Crippen LogP contribution in [0.25, 0.3) is 0 Å². The molecular weight excluding hydrogens is 462 g/mol. The Kier molecular flexibility index (Phi) is 7.18. The second kappa shape index (κ2) is 11.0. The maximum atomic E-state index is 6.33. The van der Waals surface area contributed by atoms with E-state index in [0.29, 0.717) is 30.7 Å². The molecule has 6 heteroatoms. The van der Waals surface area contributed by atoms with Gasteiger partial charge in [-0.05, 0) is 48.9 Å². The van der Waals surface area contributed by atoms with E-state index in [2.05, 4.69) is 52.3 Å². The molecule has 3 aliphatic heterocycles. The molecule has 1 aromatic heterocycles. The predicted octanol–water partition coefficient (Wildman–Crippen LogP) is 5.64. The Labute approximate surface area is 220 Å². The molecule has 6 rings (SSSR count). The van der Waals surface area contributed by atoms with Gasteiger partial charge in [0, 0.05) is 37.0 Å². The van der Waals surface area contributed by atoms with Crippen LogP contribution in [0.15, 0.2) is 66.7 Å². The van der Waals surface area contributed by atoms with E-state index in [4.69, 9.17) is 19.2 Å². The molecule has 6 nitrogen and oxygen atoms in total. The third-order valence-electron chi connectivity index (χ3n) is 8.04. The molecular formula is C31H37N3O3. The van der Waals surface area contributed by atoms with Crippen LogP contribution >= 0.6 is 0 Å². The SMILES string of the molecule is COc1ccc(COc2cc(N3C[C@@H]4C[C@H]3CO4)cc(N3CCCCCC3Cc3ccccc3)n2)cc1. The quantitative estimate of drug-likeness (QED) is 0.400. The van der Waals surface area contributed by atoms with Crippen molar-refractivity contribution in [3.05, 3.63) is 77.9 Å². The van der Waals surface area contributed by atoms with Gasteiger partial charge in [-0.3, -0.25) is 0 Å². The van der Waals surface area contributed by atoms with E-state index in [9.17, 15) is 0 Å². The predicted molar refractivity (Wildman–Crippen MR) is 147 cm³/mol. The summed E-state index contributed by atoms with van der Waals surface area (Å²) in [6.45, 7) is 3.26. The zero-order valence-electron chi connectivity index (χ0n) is 21.7. The largest absolute Gasteiger partial charge is 0.497 e. The second-order valence-electron chi connectivity index (χ2n) is 10.5. The van der Waals surface area contributed by atoms with Gasteiger partial charge in [-0.25, -0.2) is 0 Å². The van der Waals surface area contributed by atoms with Crippen molar-refractivity contribution < 1.29 is 14.2 Å². The first-order chi connectivity index (χ1) is 18.2. The van der Waals surface area contributed by atoms with Gasteiger partial charge in [0.1, 0.15) is 18.2 Å². The first-order valence-corrected chi connectivity index (χ1v) is 13.7. The number of rotatable bonds is 8. The summed E-state index contributed by atoms with van der Waals surface area (Å²) in [6, 6.07) is 24.2. The van der Waals surface area contributed by atoms with Crippen molar-refractivity contribution in [3.8, 4) is 11.6 Å². The van der Waals surface area contributed by atoms with Crippen molar-refractivity contribution in [1.29, 1.82) is 0 Å². The Morgan fingerprint density at radius 1 is 0.946 bits per heavy atom. The number of methoxy groups -OCH3 is 1. The molecule has 2 aromatic carbocycles. The standard InChI is InChI=1S/C31H37N3O3/c1-35-28-13-11-24(12-14-28)21-37-31-19-26(34-20-29-17-27(34)22-36-29)18-30(32-31)33-15-7-3-6-10-25(33)16-23-8-4-2-5-9-23/h2,4-5,8-9,11-14,18-19,25,27,29H,3,6-7,10,15-17,20-22H2,1H3/t25?,27-,29-/m0/s1. The van der Waals surface area contributed by atoms with Gasteiger partial charge in [-0.15, -0.1) is 0 Å². The summed E-state index contributed by atoms with van der Waals surface area (Å²) in [6.07, 6.45) is 7.41. The summed E-state index contributed by atoms with van der Waals surface area (Å²) in [7, 11) is 1.69. The van der Waals surface area contributed by atoms with Gasteiger partial charge < -0.3 is 24.0 Å². The number of hydrogen-bond acceptors (Lipinski definition) is 6. The number of ether oxygens (including phenoxy) is 3. The Morgan fingerprint density at radius 3 is 2.57 bits per heavy atom. The molecule has 0 aliphatic carbocycles. The highest BCUT2D eigenvalue weighted by Gasteiger charge is 2.39. The van der Waals surface area contributed by atoms with Crippen molar-refractivity contribution in [2.45, 2.75) is 63.3 Å². The average molecular weight is 500 g/mol. The summed E-state index contributed by atoms with van der Waals surface area (Å²) < 4.78 is 17.5. The van der Waals surface area contributed by atoms with Crippen molar-refractivity contribution in [2.24, 2.45) is 0 Å². The topological polar surface area (TPSA) is 47.1 Å². The van der Waals surface area contributed by atoms with Gasteiger partial charge in [0.25, 0.3) is 0 Å². The molecule has 3 saturated heterocycles. The molecule has 3 aromatic rings. The molecule has 0 N–H and O–H groups in total. The minimum absolute atomic E-state index is 0.342. The van der Waals surface area contributed by atoms with Crippen LogP contribution in [0.5, 0.6) is 11.6 Å². The Balaban J connectivity index is 1.29. The molecule has 0 spiro atoms. The Morgan fingerprint density at radius 2 is 1.81 bits per heavy atom. The highest BCUT2D eigenvalue weighted by Crippen LogP contribution is 2.37. The second-order valence-corrected chi connectivity index (χ2v) is 10.5. The van der Waals surface area contributed by atoms with Gasteiger partial charge in [-0.1, -0.05) is 55.3 Å². The third kappa shape index (κ3) is 5.54. The molecule has 3 aliphatic rings. The molecule has 0 saturated carbocycles. The van der Waals surface area contributed by atoms with E-state index in [0.717, 1.165) is 49.7 Å². The van der Waals surface area contributed by atoms with Crippen molar-refractivity contribution >= 4 is 11.5 Å². The highest BCUT2D eigenvalue weighted by molar-refractivity contribution is 5.60. The molecule has 194 valence electrons. The third-order valence-corrected chi connectivity index (χ3v) is 8.04. The van der Waals surface area contributed by atoms with Crippen molar-refractivity contribution in [2.75, 3.05) is 36.6 Å². The number of fused-ring (bicyclic) bond motifs is 2. The fraction of sp³-hybridized carbons (Fsp3) is 0.452. The summed E-state index contributed by atoms with van der Waals surface area (Å²) in [4.78, 5) is 10.1. The number of anilines is 2. The van der Waals surface area contributed by atoms with Gasteiger partial charge >= 0.3 is 0 Å². The number of nitrogens with zero attached hydrogens (tertiary/aromatic N) is 3. The van der Waals surface area contributed by atoms with Gasteiger partial charge in [0.05, 0.1) is 25.9 Å². The fourth-order valence-corrected chi connectivity index (χ4v) is 6.04. The summed E-state index contributed by atoms with van der Waals surface area (Å²) >= 11 is 0. The van der Waals surface area contributed by atoms with Crippen LogP contribution < -0.4 is 19.3 Å². The normalized spacial score (nSPS) is 23.2. The van der Waals surface area contributed by atoms with Crippen molar-refractivity contribution in [1.82, 2.24) is 4.98 Å². The monoisotopic (exact) mass is 499 g/mol. The van der Waals surface area contributed by atoms with Gasteiger partial charge in [0.2, 0.25) is 5.88 Å². The Bertz CT molecular complexity index is 1170. The number of pyridine rings is 1. The number of morpholine rings is 1. The zero-order valence-corrected chi connectivity index (χ0v) is 21.7. The molecule has 2 bridgehead atoms. The highest BCUT2D eigenvalue weighted by atomic mass is 16.5. The van der Waals surface area contributed by atoms with Gasteiger partial charge in [-0.2, -0.15) is 4.98 Å². The maximum Gasteiger partial charge on any atom is 0.217 e. The van der Waals surface area contributed by atoms with Crippen molar-refractivity contribution in [3.63, 3.8) is 0 Å². The molecule has 3 atom stereocenters. The lowest BCUT2D eigenvalue weighted by Crippen LogP contribution is -2.39. The fourth-order valence-electron chi connectivity index (χ4n) is 6.04. The number of aromatic nitrogens is 1. The minimum atomic E-state index is 0.342. The molecule has 3 fully saturated rings. The molecule has 0 amide bonds. The van der Waals surface area contributed by atoms with Crippen LogP contribution in [0.1, 0.15) is 43.2 Å². The average Bonchev–Trinajstić information content (AvgIpc) is 3.51. The van der Waals surface area contributed by atoms with E-state index in [-0.39, 0.29) is 0 Å². The van der Waals surface area contributed by atoms with E-state index < -0.39 is 0 Å². The van der Waals surface area contributed by atoms with Crippen LogP contribution in [0.4, 0.5) is 11.5 Å². The van der Waals surface area contributed by atoms with E-state index >= 15 is 0 Å². The van der Waals surface area contributed by atoms with Crippen LogP contribution in [0.2, 0.25) is 0 Å². The van der Waals surface area contributed by atoms with Crippen LogP contribution in [-0.4, -0.2) is 50.0 Å². The summed E-state index contributed by atoms with van der Waals surface area (Å²) in [5.74, 6) is 2.58. The molecule has 1 unspecified atom stereocenters. The molecule has 37 heavy (non-hydrogen) atoms. The lowest BCUT2D eigenvalue weighted by molar-refractivity contribution is 0.0991. The van der Waals surface area contributed by atoms with Crippen LogP contribution in [-0.2, 0) is 17.8 Å². The first kappa shape index (κ1) is 24.1. The lowest BCUT2D eigenvalue weighted by atomic mass is 10.0. The van der Waals surface area contributed by atoms with E-state index in [1.54, 1.807) is 7.11 Å². The van der Waals surface area contributed by atoms with E-state index in [1.165, 1.54) is 36.9 Å². The minimum Gasteiger partial charge on any atom is -0.497 e. The molecule has 0 radical (unpaired) electrons. The summed E-state index contributed by atoms with van der Waals surface area (Å²) in [5, 5.41) is 0. The lowest BCUT2D eigenvalue weighted by Gasteiger charge is -2.34. The van der Waals surface area contributed by atoms with Crippen LogP contribution in [0, 0.1) is 0 Å². The Hall–Kier alpha value is -3.25. The number of benzene rings is 2.